The molecule has 0 saturated carbocycles. The molecule has 1 aliphatic rings. The van der Waals surface area contributed by atoms with Crippen molar-refractivity contribution in [3.8, 4) is 11.3 Å². The Bertz CT molecular complexity index is 1350. The number of hydrogen-bond acceptors (Lipinski definition) is 3. The van der Waals surface area contributed by atoms with Crippen LogP contribution in [0, 0.1) is 0 Å². The highest BCUT2D eigenvalue weighted by Crippen LogP contribution is 2.30. The second kappa shape index (κ2) is 9.75. The van der Waals surface area contributed by atoms with E-state index in [2.05, 4.69) is 86.8 Å². The Morgan fingerprint density at radius 2 is 1.50 bits per heavy atom. The summed E-state index contributed by atoms with van der Waals surface area (Å²) in [6.45, 7) is 5.60. The van der Waals surface area contributed by atoms with Crippen molar-refractivity contribution in [2.24, 2.45) is 0 Å². The van der Waals surface area contributed by atoms with Gasteiger partial charge in [0.25, 0.3) is 0 Å². The number of halogens is 2. The maximum Gasteiger partial charge on any atom is 0.215 e. The van der Waals surface area contributed by atoms with E-state index < -0.39 is 0 Å². The van der Waals surface area contributed by atoms with E-state index in [9.17, 15) is 0 Å². The number of imidazole rings is 2. The molecular formula is C25H26Br2N4O. The van der Waals surface area contributed by atoms with Gasteiger partial charge in [0, 0.05) is 37.9 Å². The Labute approximate surface area is 208 Å². The molecule has 0 N–H and O–H groups in total. The van der Waals surface area contributed by atoms with Crippen LogP contribution in [0.3, 0.4) is 0 Å². The number of aromatic nitrogens is 3. The van der Waals surface area contributed by atoms with Gasteiger partial charge in [0.2, 0.25) is 5.78 Å². The summed E-state index contributed by atoms with van der Waals surface area (Å²) in [6.07, 6.45) is 2.19. The monoisotopic (exact) mass is 556 g/mol. The molecule has 3 heterocycles. The molecule has 3 aromatic carbocycles. The number of hydrogen-bond donors (Lipinski definition) is 0. The summed E-state index contributed by atoms with van der Waals surface area (Å²) < 4.78 is 10.1. The van der Waals surface area contributed by atoms with Crippen LogP contribution in [0.4, 0.5) is 0 Å². The number of para-hydroxylation sites is 2. The zero-order chi connectivity index (χ0) is 19.9. The Hall–Kier alpha value is -2.19. The average molecular weight is 558 g/mol. The van der Waals surface area contributed by atoms with Crippen LogP contribution in [0.25, 0.3) is 38.8 Å². The molecular weight excluding hydrogens is 532 g/mol. The molecule has 32 heavy (non-hydrogen) atoms. The third-order valence-electron chi connectivity index (χ3n) is 6.17. The average Bonchev–Trinajstić information content (AvgIpc) is 3.36. The van der Waals surface area contributed by atoms with Crippen molar-refractivity contribution in [2.45, 2.75) is 6.54 Å². The van der Waals surface area contributed by atoms with E-state index in [0.717, 1.165) is 50.9 Å². The predicted octanol–water partition coefficient (Wildman–Crippen LogP) is 5.60. The largest absolute Gasteiger partial charge is 0.379 e. The Morgan fingerprint density at radius 1 is 0.781 bits per heavy atom. The summed E-state index contributed by atoms with van der Waals surface area (Å²) in [7, 11) is 0. The van der Waals surface area contributed by atoms with E-state index in [1.54, 1.807) is 0 Å². The second-order valence-corrected chi connectivity index (χ2v) is 7.92. The van der Waals surface area contributed by atoms with Crippen LogP contribution in [0.5, 0.6) is 0 Å². The Kier molecular flexibility index (Phi) is 7.00. The molecule has 2 aromatic heterocycles. The van der Waals surface area contributed by atoms with E-state index >= 15 is 0 Å². The minimum absolute atomic E-state index is 0. The Balaban J connectivity index is 0.00000122. The lowest BCUT2D eigenvalue weighted by atomic mass is 10.0. The molecule has 1 saturated heterocycles. The smallest absolute Gasteiger partial charge is 0.215 e. The summed E-state index contributed by atoms with van der Waals surface area (Å²) in [5.41, 5.74) is 4.64. The minimum Gasteiger partial charge on any atom is -0.379 e. The van der Waals surface area contributed by atoms with Gasteiger partial charge in [0.15, 0.2) is 0 Å². The maximum atomic E-state index is 5.50. The first-order valence-corrected chi connectivity index (χ1v) is 10.6. The van der Waals surface area contributed by atoms with E-state index in [4.69, 9.17) is 9.72 Å². The molecule has 6 rings (SSSR count). The van der Waals surface area contributed by atoms with Gasteiger partial charge in [0.1, 0.15) is 0 Å². The number of benzene rings is 3. The van der Waals surface area contributed by atoms with Crippen LogP contribution in [0.1, 0.15) is 0 Å². The predicted molar refractivity (Wildman–Crippen MR) is 142 cm³/mol. The van der Waals surface area contributed by atoms with Crippen molar-refractivity contribution in [1.29, 1.82) is 0 Å². The summed E-state index contributed by atoms with van der Waals surface area (Å²) >= 11 is 0. The van der Waals surface area contributed by atoms with Crippen molar-refractivity contribution in [3.63, 3.8) is 0 Å². The quantitative estimate of drug-likeness (QED) is 0.288. The highest BCUT2D eigenvalue weighted by molar-refractivity contribution is 8.93. The summed E-state index contributed by atoms with van der Waals surface area (Å²) in [4.78, 5) is 7.59. The Morgan fingerprint density at radius 3 is 2.34 bits per heavy atom. The number of nitrogens with zero attached hydrogens (tertiary/aromatic N) is 4. The first kappa shape index (κ1) is 23.0. The summed E-state index contributed by atoms with van der Waals surface area (Å²) in [6, 6.07) is 23.6. The molecule has 1 aliphatic heterocycles. The highest BCUT2D eigenvalue weighted by atomic mass is 79.9. The van der Waals surface area contributed by atoms with E-state index in [-0.39, 0.29) is 34.0 Å². The van der Waals surface area contributed by atoms with Gasteiger partial charge >= 0.3 is 0 Å². The molecule has 0 unspecified atom stereocenters. The molecule has 0 amide bonds. The third kappa shape index (κ3) is 3.99. The van der Waals surface area contributed by atoms with Crippen molar-refractivity contribution in [3.05, 3.63) is 72.9 Å². The van der Waals surface area contributed by atoms with Gasteiger partial charge in [-0.05, 0) is 22.9 Å². The van der Waals surface area contributed by atoms with Crippen LogP contribution in [0.15, 0.2) is 72.9 Å². The topological polar surface area (TPSA) is 34.7 Å². The first-order chi connectivity index (χ1) is 14.9. The third-order valence-corrected chi connectivity index (χ3v) is 6.17. The second-order valence-electron chi connectivity index (χ2n) is 7.92. The standard InChI is InChI=1S/C25H24N4O.2BrH/c1-2-8-20-19(6-1)7-5-9-21(20)22-18-29-24-11-4-3-10-23(24)28(25(29)26-22)13-12-27-14-16-30-17-15-27;;/h1-11,18H,12-17H2;2*1H. The van der Waals surface area contributed by atoms with Crippen LogP contribution >= 0.6 is 34.0 Å². The lowest BCUT2D eigenvalue weighted by Crippen LogP contribution is -2.38. The number of ether oxygens (including phenoxy) is 1. The van der Waals surface area contributed by atoms with Crippen LogP contribution in [-0.2, 0) is 11.3 Å². The molecule has 0 spiro atoms. The van der Waals surface area contributed by atoms with Gasteiger partial charge in [-0.2, -0.15) is 0 Å². The van der Waals surface area contributed by atoms with Crippen molar-refractivity contribution in [2.75, 3.05) is 32.8 Å². The van der Waals surface area contributed by atoms with Gasteiger partial charge in [-0.25, -0.2) is 4.98 Å². The normalized spacial score (nSPS) is 14.5. The lowest BCUT2D eigenvalue weighted by molar-refractivity contribution is 0.0366. The number of rotatable bonds is 4. The molecule has 5 aromatic rings. The number of fused-ring (bicyclic) bond motifs is 4. The van der Waals surface area contributed by atoms with Gasteiger partial charge < -0.3 is 9.30 Å². The molecule has 0 bridgehead atoms. The molecule has 7 heteroatoms. The van der Waals surface area contributed by atoms with E-state index in [1.165, 1.54) is 27.4 Å². The molecule has 166 valence electrons. The maximum absolute atomic E-state index is 5.50. The van der Waals surface area contributed by atoms with Gasteiger partial charge in [-0.15, -0.1) is 34.0 Å². The zero-order valence-electron chi connectivity index (χ0n) is 17.7. The van der Waals surface area contributed by atoms with Gasteiger partial charge in [0.05, 0.1) is 29.9 Å². The van der Waals surface area contributed by atoms with Crippen LogP contribution < -0.4 is 0 Å². The molecule has 5 nitrogen and oxygen atoms in total. The highest BCUT2D eigenvalue weighted by Gasteiger charge is 2.17. The molecule has 0 atom stereocenters. The summed E-state index contributed by atoms with van der Waals surface area (Å²) in [5.74, 6) is 1.01. The molecule has 0 radical (unpaired) electrons. The summed E-state index contributed by atoms with van der Waals surface area (Å²) in [5, 5.41) is 2.48. The number of morpholine rings is 1. The van der Waals surface area contributed by atoms with Crippen molar-refractivity contribution in [1.82, 2.24) is 18.9 Å². The van der Waals surface area contributed by atoms with Gasteiger partial charge in [-0.1, -0.05) is 54.6 Å². The lowest BCUT2D eigenvalue weighted by Gasteiger charge is -2.26. The van der Waals surface area contributed by atoms with E-state index in [0.29, 0.717) is 0 Å². The minimum atomic E-state index is 0. The van der Waals surface area contributed by atoms with Crippen molar-refractivity contribution >= 4 is 61.5 Å². The fourth-order valence-electron chi connectivity index (χ4n) is 4.61. The fourth-order valence-corrected chi connectivity index (χ4v) is 4.61. The van der Waals surface area contributed by atoms with E-state index in [1.807, 2.05) is 0 Å². The van der Waals surface area contributed by atoms with Crippen LogP contribution in [0.2, 0.25) is 0 Å². The fraction of sp³-hybridized carbons (Fsp3) is 0.240. The first-order valence-electron chi connectivity index (χ1n) is 10.6. The zero-order valence-corrected chi connectivity index (χ0v) is 21.1. The van der Waals surface area contributed by atoms with Crippen molar-refractivity contribution < 1.29 is 4.74 Å². The SMILES string of the molecule is Br.Br.c1ccc2c(-c3cn4c5ccccc5n(CCN5CCOCC5)c4n3)cccc2c1. The molecule has 0 aliphatic carbocycles. The molecule has 1 fully saturated rings. The van der Waals surface area contributed by atoms with Crippen LogP contribution in [-0.4, -0.2) is 51.7 Å². The van der Waals surface area contributed by atoms with Gasteiger partial charge in [-0.3, -0.25) is 9.30 Å².